The van der Waals surface area contributed by atoms with Gasteiger partial charge in [-0.1, -0.05) is 6.92 Å². The fourth-order valence-corrected chi connectivity index (χ4v) is 1.55. The number of nitrogens with one attached hydrogen (secondary N) is 2. The lowest BCUT2D eigenvalue weighted by atomic mass is 10.4. The van der Waals surface area contributed by atoms with Crippen molar-refractivity contribution in [2.45, 2.75) is 13.3 Å². The van der Waals surface area contributed by atoms with Crippen LogP contribution in [0.25, 0.3) is 0 Å². The summed E-state index contributed by atoms with van der Waals surface area (Å²) >= 11 is 3.29. The molecule has 0 aliphatic rings. The molecule has 2 aromatic heterocycles. The molecule has 0 fully saturated rings. The van der Waals surface area contributed by atoms with Gasteiger partial charge in [-0.3, -0.25) is 9.89 Å². The number of hydrogen-bond acceptors (Lipinski definition) is 4. The van der Waals surface area contributed by atoms with E-state index in [1.807, 2.05) is 6.92 Å². The minimum absolute atomic E-state index is 0.111. The first-order valence-electron chi connectivity index (χ1n) is 5.04. The number of aromatic amines is 1. The average molecular weight is 296 g/mol. The smallest absolute Gasteiger partial charge is 0.296 e. The number of amides is 1. The van der Waals surface area contributed by atoms with E-state index in [4.69, 9.17) is 0 Å². The number of carbonyl (C=O) groups is 1. The summed E-state index contributed by atoms with van der Waals surface area (Å²) in [6, 6.07) is 3.56. The largest absolute Gasteiger partial charge is 0.303 e. The van der Waals surface area contributed by atoms with E-state index in [0.717, 1.165) is 0 Å². The molecular weight excluding hydrogens is 286 g/mol. The molecule has 0 unspecified atom stereocenters. The zero-order valence-electron chi connectivity index (χ0n) is 9.07. The molecule has 0 radical (unpaired) electrons. The summed E-state index contributed by atoms with van der Waals surface area (Å²) in [5, 5.41) is 9.13. The van der Waals surface area contributed by atoms with E-state index in [2.05, 4.69) is 41.4 Å². The lowest BCUT2D eigenvalue weighted by molar-refractivity contribution is 0.101. The van der Waals surface area contributed by atoms with Gasteiger partial charge in [-0.2, -0.15) is 0 Å². The van der Waals surface area contributed by atoms with Crippen LogP contribution in [0.15, 0.2) is 22.8 Å². The lowest BCUT2D eigenvalue weighted by Crippen LogP contribution is -2.15. The number of aromatic nitrogens is 4. The molecule has 1 amide bonds. The molecule has 0 aliphatic carbocycles. The summed E-state index contributed by atoms with van der Waals surface area (Å²) in [5.74, 6) is 0.843. The van der Waals surface area contributed by atoms with Crippen molar-refractivity contribution in [1.82, 2.24) is 20.2 Å². The zero-order chi connectivity index (χ0) is 12.3. The van der Waals surface area contributed by atoms with Crippen LogP contribution in [-0.4, -0.2) is 26.1 Å². The fourth-order valence-electron chi connectivity index (χ4n) is 1.20. The van der Waals surface area contributed by atoms with Gasteiger partial charge >= 0.3 is 0 Å². The summed E-state index contributed by atoms with van der Waals surface area (Å²) < 4.78 is 0.708. The molecule has 7 heteroatoms. The maximum atomic E-state index is 11.8. The minimum Gasteiger partial charge on any atom is -0.303 e. The Morgan fingerprint density at radius 3 is 3.06 bits per heavy atom. The number of halogens is 1. The second kappa shape index (κ2) is 5.05. The third kappa shape index (κ3) is 2.68. The van der Waals surface area contributed by atoms with Crippen LogP contribution in [0.2, 0.25) is 0 Å². The van der Waals surface area contributed by atoms with Crippen LogP contribution >= 0.6 is 15.9 Å². The van der Waals surface area contributed by atoms with Crippen molar-refractivity contribution in [3.8, 4) is 0 Å². The summed E-state index contributed by atoms with van der Waals surface area (Å²) in [5.41, 5.74) is 0. The predicted octanol–water partition coefficient (Wildman–Crippen LogP) is 1.78. The van der Waals surface area contributed by atoms with Gasteiger partial charge in [0.25, 0.3) is 5.91 Å². The number of pyridine rings is 1. The van der Waals surface area contributed by atoms with Crippen molar-refractivity contribution in [1.29, 1.82) is 0 Å². The monoisotopic (exact) mass is 295 g/mol. The normalized spacial score (nSPS) is 10.2. The van der Waals surface area contributed by atoms with Crippen molar-refractivity contribution in [2.75, 3.05) is 5.32 Å². The summed E-state index contributed by atoms with van der Waals surface area (Å²) in [4.78, 5) is 19.8. The SMILES string of the molecule is CCc1nc(C(=O)Nc2ncccc2Br)n[nH]1. The van der Waals surface area contributed by atoms with Crippen LogP contribution in [0, 0.1) is 0 Å². The van der Waals surface area contributed by atoms with Gasteiger partial charge < -0.3 is 5.32 Å². The summed E-state index contributed by atoms with van der Waals surface area (Å²) in [6.07, 6.45) is 2.30. The number of rotatable bonds is 3. The predicted molar refractivity (Wildman–Crippen MR) is 65.7 cm³/mol. The van der Waals surface area contributed by atoms with Crippen molar-refractivity contribution in [3.05, 3.63) is 34.5 Å². The second-order valence-corrected chi connectivity index (χ2v) is 4.10. The standard InChI is InChI=1S/C10H10BrN5O/c1-2-7-13-9(16-15-7)10(17)14-8-6(11)4-3-5-12-8/h3-5H,2H2,1H3,(H,12,14,17)(H,13,15,16). The molecule has 0 aromatic carbocycles. The Labute approximate surface area is 106 Å². The molecule has 6 nitrogen and oxygen atoms in total. The van der Waals surface area contributed by atoms with Crippen molar-refractivity contribution < 1.29 is 4.79 Å². The number of carbonyl (C=O) groups excluding carboxylic acids is 1. The number of aryl methyl sites for hydroxylation is 1. The molecule has 0 bridgehead atoms. The van der Waals surface area contributed by atoms with Gasteiger partial charge in [0.1, 0.15) is 11.6 Å². The highest BCUT2D eigenvalue weighted by Crippen LogP contribution is 2.18. The van der Waals surface area contributed by atoms with Gasteiger partial charge in [0, 0.05) is 12.6 Å². The van der Waals surface area contributed by atoms with Crippen LogP contribution in [0.4, 0.5) is 5.82 Å². The fraction of sp³-hybridized carbons (Fsp3) is 0.200. The third-order valence-corrected chi connectivity index (χ3v) is 2.70. The van der Waals surface area contributed by atoms with Gasteiger partial charge in [-0.15, -0.1) is 5.10 Å². The lowest BCUT2D eigenvalue weighted by Gasteiger charge is -2.02. The molecule has 2 N–H and O–H groups in total. The molecule has 88 valence electrons. The van der Waals surface area contributed by atoms with E-state index in [0.29, 0.717) is 22.5 Å². The average Bonchev–Trinajstić information content (AvgIpc) is 2.81. The number of anilines is 1. The van der Waals surface area contributed by atoms with Gasteiger partial charge in [0.15, 0.2) is 0 Å². The highest BCUT2D eigenvalue weighted by atomic mass is 79.9. The van der Waals surface area contributed by atoms with Crippen LogP contribution in [-0.2, 0) is 6.42 Å². The molecule has 0 atom stereocenters. The van der Waals surface area contributed by atoms with Gasteiger partial charge in [-0.05, 0) is 28.1 Å². The zero-order valence-corrected chi connectivity index (χ0v) is 10.7. The molecule has 2 aromatic rings. The van der Waals surface area contributed by atoms with Gasteiger partial charge in [0.2, 0.25) is 5.82 Å². The van der Waals surface area contributed by atoms with Crippen LogP contribution < -0.4 is 5.32 Å². The molecule has 17 heavy (non-hydrogen) atoms. The minimum atomic E-state index is -0.389. The van der Waals surface area contributed by atoms with Crippen LogP contribution in [0.1, 0.15) is 23.4 Å². The van der Waals surface area contributed by atoms with Crippen molar-refractivity contribution in [3.63, 3.8) is 0 Å². The molecule has 0 saturated carbocycles. The quantitative estimate of drug-likeness (QED) is 0.904. The Kier molecular flexibility index (Phi) is 3.48. The molecule has 2 rings (SSSR count). The van der Waals surface area contributed by atoms with E-state index >= 15 is 0 Å². The summed E-state index contributed by atoms with van der Waals surface area (Å²) in [6.45, 7) is 1.93. The van der Waals surface area contributed by atoms with E-state index in [1.165, 1.54) is 0 Å². The number of hydrogen-bond donors (Lipinski definition) is 2. The Bertz CT molecular complexity index is 539. The molecule has 0 spiro atoms. The van der Waals surface area contributed by atoms with E-state index in [-0.39, 0.29) is 11.7 Å². The first-order chi connectivity index (χ1) is 8.20. The molecular formula is C10H10BrN5O. The Balaban J connectivity index is 2.14. The maximum absolute atomic E-state index is 11.8. The highest BCUT2D eigenvalue weighted by Gasteiger charge is 2.13. The van der Waals surface area contributed by atoms with Crippen molar-refractivity contribution >= 4 is 27.7 Å². The Hall–Kier alpha value is -1.76. The highest BCUT2D eigenvalue weighted by molar-refractivity contribution is 9.10. The van der Waals surface area contributed by atoms with Crippen LogP contribution in [0.3, 0.4) is 0 Å². The van der Waals surface area contributed by atoms with Crippen LogP contribution in [0.5, 0.6) is 0 Å². The van der Waals surface area contributed by atoms with Crippen molar-refractivity contribution in [2.24, 2.45) is 0 Å². The van der Waals surface area contributed by atoms with E-state index in [1.54, 1.807) is 18.3 Å². The second-order valence-electron chi connectivity index (χ2n) is 3.25. The molecule has 2 heterocycles. The van der Waals surface area contributed by atoms with Gasteiger partial charge in [-0.25, -0.2) is 9.97 Å². The first-order valence-corrected chi connectivity index (χ1v) is 5.83. The number of nitrogens with zero attached hydrogens (tertiary/aromatic N) is 3. The number of H-pyrrole nitrogens is 1. The first kappa shape index (κ1) is 11.7. The molecule has 0 saturated heterocycles. The maximum Gasteiger partial charge on any atom is 0.296 e. The third-order valence-electron chi connectivity index (χ3n) is 2.06. The Morgan fingerprint density at radius 2 is 2.41 bits per heavy atom. The van der Waals surface area contributed by atoms with Gasteiger partial charge in [0.05, 0.1) is 4.47 Å². The van der Waals surface area contributed by atoms with E-state index < -0.39 is 0 Å². The molecule has 0 aliphatic heterocycles. The topological polar surface area (TPSA) is 83.6 Å². The Morgan fingerprint density at radius 1 is 1.59 bits per heavy atom. The summed E-state index contributed by atoms with van der Waals surface area (Å²) in [7, 11) is 0. The van der Waals surface area contributed by atoms with E-state index in [9.17, 15) is 4.79 Å².